The summed E-state index contributed by atoms with van der Waals surface area (Å²) in [6.07, 6.45) is 6.39. The van der Waals surface area contributed by atoms with E-state index in [1.165, 1.54) is 12.7 Å². The molecule has 34 heavy (non-hydrogen) atoms. The molecule has 3 N–H and O–H groups in total. The number of aromatic nitrogens is 4. The van der Waals surface area contributed by atoms with Gasteiger partial charge >= 0.3 is 0 Å². The molecule has 5 rings (SSSR count). The number of nitrogens with one attached hydrogen (secondary N) is 1. The van der Waals surface area contributed by atoms with Gasteiger partial charge < -0.3 is 16.0 Å². The molecule has 3 heterocycles. The van der Waals surface area contributed by atoms with Crippen molar-refractivity contribution in [2.75, 3.05) is 27.2 Å². The lowest BCUT2D eigenvalue weighted by molar-refractivity contribution is 0.0948. The number of fused-ring (bicyclic) bond motifs is 1. The minimum absolute atomic E-state index is 0.218. The fraction of sp³-hybridized carbons (Fsp3) is 0.308. The highest BCUT2D eigenvalue weighted by atomic mass is 16.1. The molecule has 1 aliphatic carbocycles. The smallest absolute Gasteiger partial charge is 0.270 e. The van der Waals surface area contributed by atoms with Gasteiger partial charge in [0.1, 0.15) is 17.7 Å². The highest BCUT2D eigenvalue weighted by molar-refractivity contribution is 6.05. The Hall–Kier alpha value is -3.62. The molecule has 0 radical (unpaired) electrons. The summed E-state index contributed by atoms with van der Waals surface area (Å²) in [7, 11) is 3.94. The molecule has 4 aromatic rings. The maximum absolute atomic E-state index is 13.0. The van der Waals surface area contributed by atoms with Crippen molar-refractivity contribution in [2.45, 2.75) is 24.8 Å². The van der Waals surface area contributed by atoms with E-state index in [1.807, 2.05) is 47.8 Å². The van der Waals surface area contributed by atoms with E-state index >= 15 is 0 Å². The first-order chi connectivity index (χ1) is 16.5. The molecule has 0 saturated heterocycles. The molecule has 1 fully saturated rings. The topological polar surface area (TPSA) is 102 Å². The van der Waals surface area contributed by atoms with Gasteiger partial charge in [0.05, 0.1) is 16.8 Å². The zero-order valence-corrected chi connectivity index (χ0v) is 19.5. The summed E-state index contributed by atoms with van der Waals surface area (Å²) in [4.78, 5) is 28.4. The van der Waals surface area contributed by atoms with Gasteiger partial charge in [0.15, 0.2) is 0 Å². The summed E-state index contributed by atoms with van der Waals surface area (Å²) in [6, 6.07) is 16.0. The van der Waals surface area contributed by atoms with Crippen LogP contribution < -0.4 is 11.1 Å². The number of likely N-dealkylation sites (N-methyl/N-ethyl adjacent to an activating group) is 1. The normalized spacial score (nSPS) is 14.8. The number of amides is 1. The van der Waals surface area contributed by atoms with Gasteiger partial charge in [0.25, 0.3) is 5.91 Å². The minimum Gasteiger partial charge on any atom is -0.349 e. The lowest BCUT2D eigenvalue weighted by Crippen LogP contribution is -2.43. The summed E-state index contributed by atoms with van der Waals surface area (Å²) in [5, 5.41) is 3.64. The van der Waals surface area contributed by atoms with E-state index in [0.29, 0.717) is 23.3 Å². The second-order valence-corrected chi connectivity index (χ2v) is 9.16. The molecule has 8 nitrogen and oxygen atoms in total. The van der Waals surface area contributed by atoms with Crippen LogP contribution in [0.3, 0.4) is 0 Å². The van der Waals surface area contributed by atoms with Crippen molar-refractivity contribution in [3.8, 4) is 17.1 Å². The Kier molecular flexibility index (Phi) is 5.85. The van der Waals surface area contributed by atoms with Crippen LogP contribution in [0.25, 0.3) is 28.1 Å². The summed E-state index contributed by atoms with van der Waals surface area (Å²) in [5.41, 5.74) is 11.0. The monoisotopic (exact) mass is 455 g/mol. The van der Waals surface area contributed by atoms with Crippen LogP contribution in [0.2, 0.25) is 0 Å². The standard InChI is InChI=1S/C26H29N7O/c1-32(2)15-14-29-25(34)23-20-16-22(21-6-3-4-13-28-21)33(24(20)31-17-30-23)19-9-7-18(8-10-19)26(27)11-5-12-26/h3-4,6-10,13,16-17H,5,11-12,14-15,27H2,1-2H3,(H,29,34). The second kappa shape index (κ2) is 8.96. The van der Waals surface area contributed by atoms with Gasteiger partial charge in [-0.3, -0.25) is 14.3 Å². The van der Waals surface area contributed by atoms with Crippen molar-refractivity contribution < 1.29 is 4.79 Å². The fourth-order valence-electron chi connectivity index (χ4n) is 4.42. The average Bonchev–Trinajstić information content (AvgIpc) is 3.22. The van der Waals surface area contributed by atoms with Gasteiger partial charge in [0, 0.05) is 30.5 Å². The molecule has 1 aliphatic rings. The third kappa shape index (κ3) is 4.06. The number of benzene rings is 1. The number of pyridine rings is 1. The molecule has 1 aromatic carbocycles. The minimum atomic E-state index is -0.221. The quantitative estimate of drug-likeness (QED) is 0.444. The molecular weight excluding hydrogens is 426 g/mol. The lowest BCUT2D eigenvalue weighted by atomic mass is 9.73. The first kappa shape index (κ1) is 22.2. The van der Waals surface area contributed by atoms with Gasteiger partial charge in [-0.25, -0.2) is 9.97 Å². The Morgan fingerprint density at radius 3 is 2.56 bits per heavy atom. The number of hydrogen-bond donors (Lipinski definition) is 2. The maximum atomic E-state index is 13.0. The van der Waals surface area contributed by atoms with Crippen molar-refractivity contribution in [3.63, 3.8) is 0 Å². The van der Waals surface area contributed by atoms with E-state index in [4.69, 9.17) is 5.73 Å². The van der Waals surface area contributed by atoms with Crippen LogP contribution in [0.5, 0.6) is 0 Å². The Balaban J connectivity index is 1.61. The van der Waals surface area contributed by atoms with Crippen LogP contribution in [0.1, 0.15) is 35.3 Å². The molecule has 1 amide bonds. The Morgan fingerprint density at radius 2 is 1.91 bits per heavy atom. The molecule has 0 unspecified atom stereocenters. The Morgan fingerprint density at radius 1 is 1.12 bits per heavy atom. The SMILES string of the molecule is CN(C)CCNC(=O)c1ncnc2c1cc(-c1ccccn1)n2-c1ccc(C2(N)CCC2)cc1. The van der Waals surface area contributed by atoms with Gasteiger partial charge in [-0.05, 0) is 69.3 Å². The molecule has 0 atom stereocenters. The largest absolute Gasteiger partial charge is 0.349 e. The Labute approximate surface area is 198 Å². The molecule has 1 saturated carbocycles. The highest BCUT2D eigenvalue weighted by Crippen LogP contribution is 2.39. The summed E-state index contributed by atoms with van der Waals surface area (Å²) in [5.74, 6) is -0.218. The first-order valence-corrected chi connectivity index (χ1v) is 11.6. The Bertz CT molecular complexity index is 1310. The van der Waals surface area contributed by atoms with E-state index in [0.717, 1.165) is 42.0 Å². The van der Waals surface area contributed by atoms with E-state index < -0.39 is 0 Å². The van der Waals surface area contributed by atoms with Crippen LogP contribution >= 0.6 is 0 Å². The summed E-state index contributed by atoms with van der Waals surface area (Å²) >= 11 is 0. The van der Waals surface area contributed by atoms with Crippen molar-refractivity contribution in [1.82, 2.24) is 29.7 Å². The van der Waals surface area contributed by atoms with Crippen molar-refractivity contribution >= 4 is 16.9 Å². The van der Waals surface area contributed by atoms with Gasteiger partial charge in [0.2, 0.25) is 0 Å². The zero-order valence-electron chi connectivity index (χ0n) is 19.5. The number of hydrogen-bond acceptors (Lipinski definition) is 6. The predicted molar refractivity (Wildman–Crippen MR) is 133 cm³/mol. The number of nitrogens with two attached hydrogens (primary N) is 1. The molecule has 8 heteroatoms. The van der Waals surface area contributed by atoms with Crippen LogP contribution in [0, 0.1) is 0 Å². The first-order valence-electron chi connectivity index (χ1n) is 11.6. The van der Waals surface area contributed by atoms with Crippen LogP contribution in [0.4, 0.5) is 0 Å². The molecule has 0 spiro atoms. The average molecular weight is 456 g/mol. The highest BCUT2D eigenvalue weighted by Gasteiger charge is 2.34. The number of carbonyl (C=O) groups excluding carboxylic acids is 1. The van der Waals surface area contributed by atoms with Gasteiger partial charge in [-0.2, -0.15) is 0 Å². The molecule has 0 bridgehead atoms. The summed E-state index contributed by atoms with van der Waals surface area (Å²) < 4.78 is 2.03. The maximum Gasteiger partial charge on any atom is 0.270 e. The van der Waals surface area contributed by atoms with Crippen LogP contribution in [-0.4, -0.2) is 57.5 Å². The predicted octanol–water partition coefficient (Wildman–Crippen LogP) is 3.11. The molecule has 174 valence electrons. The van der Waals surface area contributed by atoms with Gasteiger partial charge in [-0.1, -0.05) is 18.2 Å². The van der Waals surface area contributed by atoms with E-state index in [-0.39, 0.29) is 11.4 Å². The van der Waals surface area contributed by atoms with E-state index in [2.05, 4.69) is 44.5 Å². The van der Waals surface area contributed by atoms with Gasteiger partial charge in [-0.15, -0.1) is 0 Å². The zero-order chi connectivity index (χ0) is 23.7. The van der Waals surface area contributed by atoms with Crippen molar-refractivity contribution in [1.29, 1.82) is 0 Å². The second-order valence-electron chi connectivity index (χ2n) is 9.16. The number of rotatable bonds is 7. The van der Waals surface area contributed by atoms with Crippen molar-refractivity contribution in [3.05, 3.63) is 72.3 Å². The lowest BCUT2D eigenvalue weighted by Gasteiger charge is -2.38. The van der Waals surface area contributed by atoms with E-state index in [1.54, 1.807) is 6.20 Å². The van der Waals surface area contributed by atoms with Crippen LogP contribution in [0.15, 0.2) is 61.1 Å². The van der Waals surface area contributed by atoms with E-state index in [9.17, 15) is 4.79 Å². The fourth-order valence-corrected chi connectivity index (χ4v) is 4.42. The third-order valence-electron chi connectivity index (χ3n) is 6.53. The number of nitrogens with zero attached hydrogens (tertiary/aromatic N) is 5. The summed E-state index contributed by atoms with van der Waals surface area (Å²) in [6.45, 7) is 1.28. The molecular formula is C26H29N7O. The van der Waals surface area contributed by atoms with Crippen LogP contribution in [-0.2, 0) is 5.54 Å². The molecule has 3 aromatic heterocycles. The molecule has 0 aliphatic heterocycles. The third-order valence-corrected chi connectivity index (χ3v) is 6.53. The van der Waals surface area contributed by atoms with Crippen molar-refractivity contribution in [2.24, 2.45) is 5.73 Å². The number of carbonyl (C=O) groups is 1.